The Bertz CT molecular complexity index is 359. The Morgan fingerprint density at radius 1 is 1.50 bits per heavy atom. The van der Waals surface area contributed by atoms with E-state index in [2.05, 4.69) is 31.1 Å². The highest BCUT2D eigenvalue weighted by Gasteiger charge is 2.13. The Labute approximate surface area is 96.7 Å². The Morgan fingerprint density at radius 3 is 2.81 bits per heavy atom. The Morgan fingerprint density at radius 2 is 2.25 bits per heavy atom. The van der Waals surface area contributed by atoms with Gasteiger partial charge in [-0.25, -0.2) is 9.78 Å². The van der Waals surface area contributed by atoms with Crippen LogP contribution >= 0.6 is 0 Å². The van der Waals surface area contributed by atoms with Gasteiger partial charge in [0.2, 0.25) is 0 Å². The maximum Gasteiger partial charge on any atom is 0.347 e. The third-order valence-corrected chi connectivity index (χ3v) is 2.64. The van der Waals surface area contributed by atoms with E-state index in [1.54, 1.807) is 16.8 Å². The predicted molar refractivity (Wildman–Crippen MR) is 65.4 cm³/mol. The summed E-state index contributed by atoms with van der Waals surface area (Å²) in [6, 6.07) is 2.11. The molecule has 0 fully saturated rings. The van der Waals surface area contributed by atoms with E-state index in [-0.39, 0.29) is 5.69 Å². The standard InChI is InChI=1S/C12H21N3O/c1-4-6-13-11(10(2)3)9-15-8-5-7-14-12(15)16/h5,7-8,10-11,13H,4,6,9H2,1-3H3. The van der Waals surface area contributed by atoms with Gasteiger partial charge in [-0.15, -0.1) is 0 Å². The molecule has 0 aromatic carbocycles. The van der Waals surface area contributed by atoms with E-state index >= 15 is 0 Å². The quantitative estimate of drug-likeness (QED) is 0.790. The molecule has 16 heavy (non-hydrogen) atoms. The van der Waals surface area contributed by atoms with Crippen LogP contribution in [0.3, 0.4) is 0 Å². The van der Waals surface area contributed by atoms with Crippen molar-refractivity contribution in [3.8, 4) is 0 Å². The number of nitrogens with one attached hydrogen (secondary N) is 1. The first-order valence-corrected chi connectivity index (χ1v) is 5.90. The number of rotatable bonds is 6. The van der Waals surface area contributed by atoms with Gasteiger partial charge in [0.05, 0.1) is 0 Å². The smallest absolute Gasteiger partial charge is 0.312 e. The Hall–Kier alpha value is -1.16. The molecule has 0 bridgehead atoms. The van der Waals surface area contributed by atoms with Crippen LogP contribution in [0.1, 0.15) is 27.2 Å². The maximum absolute atomic E-state index is 11.5. The molecule has 0 amide bonds. The van der Waals surface area contributed by atoms with Crippen molar-refractivity contribution in [2.24, 2.45) is 5.92 Å². The first-order chi connectivity index (χ1) is 7.65. The third-order valence-electron chi connectivity index (χ3n) is 2.64. The van der Waals surface area contributed by atoms with Crippen molar-refractivity contribution in [3.63, 3.8) is 0 Å². The first-order valence-electron chi connectivity index (χ1n) is 5.90. The van der Waals surface area contributed by atoms with Gasteiger partial charge in [0, 0.05) is 25.0 Å². The SMILES string of the molecule is CCCNC(Cn1cccnc1=O)C(C)C. The highest BCUT2D eigenvalue weighted by atomic mass is 16.1. The molecule has 1 N–H and O–H groups in total. The fraction of sp³-hybridized carbons (Fsp3) is 0.667. The fourth-order valence-electron chi connectivity index (χ4n) is 1.58. The van der Waals surface area contributed by atoms with Gasteiger partial charge in [0.15, 0.2) is 0 Å². The van der Waals surface area contributed by atoms with Gasteiger partial charge in [-0.05, 0) is 24.9 Å². The van der Waals surface area contributed by atoms with Crippen molar-refractivity contribution in [3.05, 3.63) is 28.9 Å². The fourth-order valence-corrected chi connectivity index (χ4v) is 1.58. The van der Waals surface area contributed by atoms with Gasteiger partial charge in [-0.1, -0.05) is 20.8 Å². The highest BCUT2D eigenvalue weighted by Crippen LogP contribution is 2.03. The van der Waals surface area contributed by atoms with Crippen molar-refractivity contribution >= 4 is 0 Å². The van der Waals surface area contributed by atoms with Gasteiger partial charge < -0.3 is 5.32 Å². The van der Waals surface area contributed by atoms with Crippen LogP contribution < -0.4 is 11.0 Å². The molecule has 0 aliphatic carbocycles. The van der Waals surface area contributed by atoms with Crippen molar-refractivity contribution in [2.45, 2.75) is 39.8 Å². The maximum atomic E-state index is 11.5. The van der Waals surface area contributed by atoms with E-state index in [9.17, 15) is 4.79 Å². The van der Waals surface area contributed by atoms with E-state index in [4.69, 9.17) is 0 Å². The largest absolute Gasteiger partial charge is 0.347 e. The molecule has 0 aliphatic rings. The summed E-state index contributed by atoms with van der Waals surface area (Å²) in [5, 5.41) is 3.46. The molecular formula is C12H21N3O. The van der Waals surface area contributed by atoms with E-state index in [0.717, 1.165) is 13.0 Å². The summed E-state index contributed by atoms with van der Waals surface area (Å²) in [4.78, 5) is 15.2. The third kappa shape index (κ3) is 3.77. The summed E-state index contributed by atoms with van der Waals surface area (Å²) < 4.78 is 1.66. The molecule has 0 spiro atoms. The summed E-state index contributed by atoms with van der Waals surface area (Å²) in [5.74, 6) is 0.499. The van der Waals surface area contributed by atoms with Crippen LogP contribution in [-0.2, 0) is 6.54 Å². The van der Waals surface area contributed by atoms with Crippen LogP contribution in [0.5, 0.6) is 0 Å². The first kappa shape index (κ1) is 12.9. The van der Waals surface area contributed by atoms with Gasteiger partial charge in [0.1, 0.15) is 0 Å². The average molecular weight is 223 g/mol. The second kappa shape index (κ2) is 6.43. The Kier molecular flexibility index (Phi) is 5.19. The molecule has 90 valence electrons. The predicted octanol–water partition coefficient (Wildman–Crippen LogP) is 1.27. The molecule has 4 nitrogen and oxygen atoms in total. The second-order valence-electron chi connectivity index (χ2n) is 4.36. The lowest BCUT2D eigenvalue weighted by molar-refractivity contribution is 0.350. The van der Waals surface area contributed by atoms with Crippen LogP contribution in [0.2, 0.25) is 0 Å². The van der Waals surface area contributed by atoms with Gasteiger partial charge in [-0.2, -0.15) is 0 Å². The lowest BCUT2D eigenvalue weighted by Crippen LogP contribution is -2.40. The van der Waals surface area contributed by atoms with Gasteiger partial charge in [-0.3, -0.25) is 4.57 Å². The molecular weight excluding hydrogens is 202 g/mol. The second-order valence-corrected chi connectivity index (χ2v) is 4.36. The van der Waals surface area contributed by atoms with E-state index in [1.165, 1.54) is 6.20 Å². The molecule has 4 heteroatoms. The molecule has 1 aromatic heterocycles. The number of hydrogen-bond acceptors (Lipinski definition) is 3. The summed E-state index contributed by atoms with van der Waals surface area (Å²) in [7, 11) is 0. The summed E-state index contributed by atoms with van der Waals surface area (Å²) in [5.41, 5.74) is -0.175. The van der Waals surface area contributed by atoms with Gasteiger partial charge >= 0.3 is 5.69 Å². The Balaban J connectivity index is 2.68. The van der Waals surface area contributed by atoms with Crippen LogP contribution in [-0.4, -0.2) is 22.1 Å². The number of aromatic nitrogens is 2. The molecule has 0 aliphatic heterocycles. The van der Waals surface area contributed by atoms with E-state index < -0.39 is 0 Å². The number of hydrogen-bond donors (Lipinski definition) is 1. The zero-order valence-electron chi connectivity index (χ0n) is 10.3. The average Bonchev–Trinajstić information content (AvgIpc) is 2.26. The summed E-state index contributed by atoms with van der Waals surface area (Å²) >= 11 is 0. The minimum absolute atomic E-state index is 0.175. The van der Waals surface area contributed by atoms with Crippen LogP contribution in [0.25, 0.3) is 0 Å². The zero-order chi connectivity index (χ0) is 12.0. The number of nitrogens with zero attached hydrogens (tertiary/aromatic N) is 2. The molecule has 0 saturated carbocycles. The summed E-state index contributed by atoms with van der Waals surface area (Å²) in [6.45, 7) is 8.13. The molecule has 0 radical (unpaired) electrons. The monoisotopic (exact) mass is 223 g/mol. The molecule has 0 saturated heterocycles. The lowest BCUT2D eigenvalue weighted by Gasteiger charge is -2.22. The molecule has 1 rings (SSSR count). The van der Waals surface area contributed by atoms with Crippen molar-refractivity contribution in [1.29, 1.82) is 0 Å². The molecule has 1 unspecified atom stereocenters. The van der Waals surface area contributed by atoms with Crippen molar-refractivity contribution < 1.29 is 0 Å². The lowest BCUT2D eigenvalue weighted by atomic mass is 10.0. The van der Waals surface area contributed by atoms with Crippen LogP contribution in [0.4, 0.5) is 0 Å². The summed E-state index contributed by atoms with van der Waals surface area (Å²) in [6.07, 6.45) is 4.42. The van der Waals surface area contributed by atoms with Gasteiger partial charge in [0.25, 0.3) is 0 Å². The normalized spacial score (nSPS) is 13.0. The minimum Gasteiger partial charge on any atom is -0.312 e. The van der Waals surface area contributed by atoms with Crippen LogP contribution in [0, 0.1) is 5.92 Å². The van der Waals surface area contributed by atoms with Crippen molar-refractivity contribution in [2.75, 3.05) is 6.54 Å². The van der Waals surface area contributed by atoms with Crippen LogP contribution in [0.15, 0.2) is 23.3 Å². The molecule has 1 heterocycles. The molecule has 1 aromatic rings. The zero-order valence-corrected chi connectivity index (χ0v) is 10.3. The highest BCUT2D eigenvalue weighted by molar-refractivity contribution is 4.83. The van der Waals surface area contributed by atoms with E-state index in [0.29, 0.717) is 18.5 Å². The minimum atomic E-state index is -0.175. The van der Waals surface area contributed by atoms with Crippen molar-refractivity contribution in [1.82, 2.24) is 14.9 Å². The van der Waals surface area contributed by atoms with E-state index in [1.807, 2.05) is 0 Å². The topological polar surface area (TPSA) is 46.9 Å². The molecule has 1 atom stereocenters.